The topological polar surface area (TPSA) is 61.8 Å². The van der Waals surface area contributed by atoms with E-state index in [1.807, 2.05) is 18.3 Å². The maximum Gasteiger partial charge on any atom is 0.191 e. The molecular formula is C23H33N5O. The monoisotopic (exact) mass is 395 g/mol. The quantitative estimate of drug-likeness (QED) is 0.531. The summed E-state index contributed by atoms with van der Waals surface area (Å²) in [6.45, 7) is 10.0. The average molecular weight is 396 g/mol. The maximum atomic E-state index is 5.56. The average Bonchev–Trinajstić information content (AvgIpc) is 2.76. The van der Waals surface area contributed by atoms with E-state index >= 15 is 0 Å². The van der Waals surface area contributed by atoms with Crippen LogP contribution in [-0.2, 0) is 11.2 Å². The molecule has 1 aromatic heterocycles. The summed E-state index contributed by atoms with van der Waals surface area (Å²) < 4.78 is 5.56. The lowest BCUT2D eigenvalue weighted by molar-refractivity contribution is 0.0179. The molecule has 0 saturated carbocycles. The van der Waals surface area contributed by atoms with E-state index in [1.165, 1.54) is 11.1 Å². The summed E-state index contributed by atoms with van der Waals surface area (Å²) in [6.07, 6.45) is 2.71. The number of aryl methyl sites for hydroxylation is 1. The number of guanidine groups is 1. The van der Waals surface area contributed by atoms with Crippen molar-refractivity contribution in [3.8, 4) is 0 Å². The van der Waals surface area contributed by atoms with Gasteiger partial charge in [0.1, 0.15) is 0 Å². The van der Waals surface area contributed by atoms with Gasteiger partial charge in [0, 0.05) is 44.5 Å². The van der Waals surface area contributed by atoms with Crippen LogP contribution in [-0.4, -0.2) is 61.8 Å². The number of pyridine rings is 1. The second-order valence-corrected chi connectivity index (χ2v) is 7.29. The number of ether oxygens (including phenoxy) is 1. The van der Waals surface area contributed by atoms with Crippen molar-refractivity contribution in [2.75, 3.05) is 45.9 Å². The molecule has 1 saturated heterocycles. The molecule has 0 bridgehead atoms. The molecule has 156 valence electrons. The third kappa shape index (κ3) is 6.84. The number of morpholine rings is 1. The summed E-state index contributed by atoms with van der Waals surface area (Å²) >= 11 is 0. The zero-order chi connectivity index (χ0) is 20.3. The van der Waals surface area contributed by atoms with Crippen LogP contribution in [0, 0.1) is 6.92 Å². The van der Waals surface area contributed by atoms with Gasteiger partial charge in [0.2, 0.25) is 0 Å². The van der Waals surface area contributed by atoms with Crippen molar-refractivity contribution in [1.82, 2.24) is 20.5 Å². The minimum Gasteiger partial charge on any atom is -0.379 e. The van der Waals surface area contributed by atoms with Crippen molar-refractivity contribution in [2.24, 2.45) is 4.99 Å². The molecule has 0 amide bonds. The Morgan fingerprint density at radius 2 is 1.93 bits per heavy atom. The van der Waals surface area contributed by atoms with Crippen molar-refractivity contribution in [3.63, 3.8) is 0 Å². The van der Waals surface area contributed by atoms with Crippen LogP contribution in [0.4, 0.5) is 0 Å². The van der Waals surface area contributed by atoms with Crippen LogP contribution >= 0.6 is 0 Å². The van der Waals surface area contributed by atoms with Crippen molar-refractivity contribution in [3.05, 3.63) is 65.5 Å². The highest BCUT2D eigenvalue weighted by molar-refractivity contribution is 5.79. The fraction of sp³-hybridized carbons (Fsp3) is 0.478. The summed E-state index contributed by atoms with van der Waals surface area (Å²) in [7, 11) is 0. The van der Waals surface area contributed by atoms with Gasteiger partial charge in [0.05, 0.1) is 25.8 Å². The molecule has 0 aliphatic carbocycles. The van der Waals surface area contributed by atoms with E-state index < -0.39 is 0 Å². The van der Waals surface area contributed by atoms with Crippen LogP contribution in [0.1, 0.15) is 29.8 Å². The van der Waals surface area contributed by atoms with Gasteiger partial charge in [-0.2, -0.15) is 0 Å². The third-order valence-corrected chi connectivity index (χ3v) is 5.11. The molecule has 2 N–H and O–H groups in total. The van der Waals surface area contributed by atoms with Gasteiger partial charge in [-0.05, 0) is 31.5 Å². The second kappa shape index (κ2) is 11.5. The normalized spacial score (nSPS) is 16.4. The first-order chi connectivity index (χ1) is 14.3. The molecule has 0 radical (unpaired) electrons. The molecule has 1 aliphatic rings. The Morgan fingerprint density at radius 1 is 1.14 bits per heavy atom. The van der Waals surface area contributed by atoms with Crippen LogP contribution in [0.25, 0.3) is 0 Å². The molecule has 29 heavy (non-hydrogen) atoms. The van der Waals surface area contributed by atoms with Crippen LogP contribution in [0.3, 0.4) is 0 Å². The first-order valence-electron chi connectivity index (χ1n) is 10.6. The van der Waals surface area contributed by atoms with E-state index in [-0.39, 0.29) is 6.04 Å². The Kier molecular flexibility index (Phi) is 8.46. The number of rotatable bonds is 8. The van der Waals surface area contributed by atoms with E-state index in [4.69, 9.17) is 9.73 Å². The molecule has 1 aromatic carbocycles. The standard InChI is InChI=1S/C23H33N5O/c1-3-24-23(26-13-11-21-6-4-5-12-25-21)27-18-22(28-14-16-29-17-15-28)20-9-7-19(2)8-10-20/h4-10,12,22H,3,11,13-18H2,1-2H3,(H2,24,26,27). The summed E-state index contributed by atoms with van der Waals surface area (Å²) in [4.78, 5) is 11.8. The molecular weight excluding hydrogens is 362 g/mol. The van der Waals surface area contributed by atoms with Gasteiger partial charge in [-0.1, -0.05) is 35.9 Å². The Bertz CT molecular complexity index is 742. The first kappa shape index (κ1) is 21.3. The van der Waals surface area contributed by atoms with Gasteiger partial charge in [0.15, 0.2) is 5.96 Å². The van der Waals surface area contributed by atoms with Gasteiger partial charge in [-0.3, -0.25) is 14.9 Å². The minimum atomic E-state index is 0.255. The molecule has 1 fully saturated rings. The van der Waals surface area contributed by atoms with Crippen LogP contribution < -0.4 is 10.6 Å². The zero-order valence-corrected chi connectivity index (χ0v) is 17.6. The Morgan fingerprint density at radius 3 is 2.62 bits per heavy atom. The van der Waals surface area contributed by atoms with Crippen molar-refractivity contribution >= 4 is 5.96 Å². The molecule has 6 nitrogen and oxygen atoms in total. The van der Waals surface area contributed by atoms with E-state index in [2.05, 4.69) is 64.7 Å². The fourth-order valence-electron chi connectivity index (χ4n) is 3.48. The lowest BCUT2D eigenvalue weighted by atomic mass is 10.0. The Hall–Kier alpha value is -2.44. The van der Waals surface area contributed by atoms with E-state index in [1.54, 1.807) is 0 Å². The summed E-state index contributed by atoms with van der Waals surface area (Å²) in [5, 5.41) is 6.81. The predicted octanol–water partition coefficient (Wildman–Crippen LogP) is 2.56. The van der Waals surface area contributed by atoms with Crippen LogP contribution in [0.5, 0.6) is 0 Å². The molecule has 2 heterocycles. The number of nitrogens with one attached hydrogen (secondary N) is 2. The number of hydrogen-bond acceptors (Lipinski definition) is 4. The molecule has 6 heteroatoms. The Labute approximate surface area is 174 Å². The largest absolute Gasteiger partial charge is 0.379 e. The molecule has 1 unspecified atom stereocenters. The smallest absolute Gasteiger partial charge is 0.191 e. The van der Waals surface area contributed by atoms with E-state index in [9.17, 15) is 0 Å². The SMILES string of the molecule is CCNC(=NCC(c1ccc(C)cc1)N1CCOCC1)NCCc1ccccn1. The first-order valence-corrected chi connectivity index (χ1v) is 10.6. The van der Waals surface area contributed by atoms with Crippen molar-refractivity contribution in [1.29, 1.82) is 0 Å². The zero-order valence-electron chi connectivity index (χ0n) is 17.6. The maximum absolute atomic E-state index is 5.56. The van der Waals surface area contributed by atoms with Crippen molar-refractivity contribution < 1.29 is 4.74 Å². The fourth-order valence-corrected chi connectivity index (χ4v) is 3.48. The van der Waals surface area contributed by atoms with Gasteiger partial charge < -0.3 is 15.4 Å². The number of benzene rings is 1. The molecule has 0 spiro atoms. The number of aliphatic imine (C=N–C) groups is 1. The summed E-state index contributed by atoms with van der Waals surface area (Å²) in [6, 6.07) is 15.1. The highest BCUT2D eigenvalue weighted by Gasteiger charge is 2.22. The number of nitrogens with zero attached hydrogens (tertiary/aromatic N) is 3. The van der Waals surface area contributed by atoms with Gasteiger partial charge in [-0.25, -0.2) is 0 Å². The lowest BCUT2D eigenvalue weighted by Crippen LogP contribution is -2.42. The third-order valence-electron chi connectivity index (χ3n) is 5.11. The van der Waals surface area contributed by atoms with E-state index in [0.29, 0.717) is 6.54 Å². The molecule has 2 aromatic rings. The Balaban J connectivity index is 1.65. The summed E-state index contributed by atoms with van der Waals surface area (Å²) in [5.41, 5.74) is 3.68. The number of hydrogen-bond donors (Lipinski definition) is 2. The van der Waals surface area contributed by atoms with Crippen LogP contribution in [0.15, 0.2) is 53.7 Å². The molecule has 1 atom stereocenters. The minimum absolute atomic E-state index is 0.255. The lowest BCUT2D eigenvalue weighted by Gasteiger charge is -2.34. The van der Waals surface area contributed by atoms with Gasteiger partial charge in [0.25, 0.3) is 0 Å². The second-order valence-electron chi connectivity index (χ2n) is 7.29. The summed E-state index contributed by atoms with van der Waals surface area (Å²) in [5.74, 6) is 0.855. The molecule has 3 rings (SSSR count). The predicted molar refractivity (Wildman–Crippen MR) is 118 cm³/mol. The highest BCUT2D eigenvalue weighted by atomic mass is 16.5. The number of aromatic nitrogens is 1. The van der Waals surface area contributed by atoms with Gasteiger partial charge in [-0.15, -0.1) is 0 Å². The molecule has 1 aliphatic heterocycles. The van der Waals surface area contributed by atoms with E-state index in [0.717, 1.165) is 57.5 Å². The highest BCUT2D eigenvalue weighted by Crippen LogP contribution is 2.22. The van der Waals surface area contributed by atoms with Crippen molar-refractivity contribution in [2.45, 2.75) is 26.3 Å². The van der Waals surface area contributed by atoms with Crippen LogP contribution in [0.2, 0.25) is 0 Å². The van der Waals surface area contributed by atoms with Gasteiger partial charge >= 0.3 is 0 Å².